The number of carbonyl (C=O) groups is 1. The number of rotatable bonds is 4. The molecule has 3 atom stereocenters. The first-order valence-electron chi connectivity index (χ1n) is 7.49. The standard InChI is InChI=1S/C17H22N2O2/c1-12(2)11-18-16-14(9-10-15(16)21-3)19(17(18)20)13-7-5-4-6-8-13/h4-10,12,14-16H,11H2,1-3H3/t14-,15-,16-/m0/s1. The van der Waals surface area contributed by atoms with Gasteiger partial charge in [-0.15, -0.1) is 0 Å². The lowest BCUT2D eigenvalue weighted by Crippen LogP contribution is -2.44. The third-order valence-corrected chi connectivity index (χ3v) is 4.16. The van der Waals surface area contributed by atoms with Gasteiger partial charge in [0, 0.05) is 19.3 Å². The van der Waals surface area contributed by atoms with Crippen molar-refractivity contribution in [1.29, 1.82) is 0 Å². The van der Waals surface area contributed by atoms with Gasteiger partial charge in [0.25, 0.3) is 0 Å². The van der Waals surface area contributed by atoms with E-state index in [1.165, 1.54) is 0 Å². The average Bonchev–Trinajstić information content (AvgIpc) is 2.99. The first-order chi connectivity index (χ1) is 10.1. The van der Waals surface area contributed by atoms with Gasteiger partial charge in [-0.3, -0.25) is 4.90 Å². The summed E-state index contributed by atoms with van der Waals surface area (Å²) in [4.78, 5) is 16.7. The Balaban J connectivity index is 1.96. The summed E-state index contributed by atoms with van der Waals surface area (Å²) in [6.07, 6.45) is 4.15. The fourth-order valence-corrected chi connectivity index (χ4v) is 3.32. The Morgan fingerprint density at radius 3 is 2.52 bits per heavy atom. The first-order valence-corrected chi connectivity index (χ1v) is 7.49. The number of hydrogen-bond acceptors (Lipinski definition) is 2. The summed E-state index contributed by atoms with van der Waals surface area (Å²) in [6.45, 7) is 5.03. The van der Waals surface area contributed by atoms with Crippen molar-refractivity contribution in [3.63, 3.8) is 0 Å². The Morgan fingerprint density at radius 1 is 1.19 bits per heavy atom. The summed E-state index contributed by atoms with van der Waals surface area (Å²) in [6, 6.07) is 10.1. The van der Waals surface area contributed by atoms with E-state index in [1.54, 1.807) is 7.11 Å². The molecule has 1 fully saturated rings. The predicted molar refractivity (Wildman–Crippen MR) is 83.4 cm³/mol. The highest BCUT2D eigenvalue weighted by atomic mass is 16.5. The number of methoxy groups -OCH3 is 1. The van der Waals surface area contributed by atoms with Crippen LogP contribution in [0, 0.1) is 5.92 Å². The van der Waals surface area contributed by atoms with Crippen LogP contribution < -0.4 is 4.90 Å². The lowest BCUT2D eigenvalue weighted by molar-refractivity contribution is 0.0738. The molecule has 1 aliphatic heterocycles. The van der Waals surface area contributed by atoms with Gasteiger partial charge in [-0.2, -0.15) is 0 Å². The summed E-state index contributed by atoms with van der Waals surface area (Å²) in [5, 5.41) is 0. The van der Waals surface area contributed by atoms with Crippen LogP contribution >= 0.6 is 0 Å². The van der Waals surface area contributed by atoms with Crippen LogP contribution in [0.1, 0.15) is 13.8 Å². The van der Waals surface area contributed by atoms with Crippen LogP contribution in [0.3, 0.4) is 0 Å². The van der Waals surface area contributed by atoms with Gasteiger partial charge in [-0.25, -0.2) is 4.79 Å². The van der Waals surface area contributed by atoms with Crippen molar-refractivity contribution in [2.45, 2.75) is 32.0 Å². The van der Waals surface area contributed by atoms with Gasteiger partial charge in [-0.05, 0) is 18.1 Å². The van der Waals surface area contributed by atoms with Gasteiger partial charge < -0.3 is 9.64 Å². The van der Waals surface area contributed by atoms with Crippen LogP contribution in [0.2, 0.25) is 0 Å². The Kier molecular flexibility index (Phi) is 3.72. The number of fused-ring (bicyclic) bond motifs is 1. The topological polar surface area (TPSA) is 32.8 Å². The van der Waals surface area contributed by atoms with Crippen molar-refractivity contribution in [3.05, 3.63) is 42.5 Å². The zero-order chi connectivity index (χ0) is 15.0. The van der Waals surface area contributed by atoms with E-state index in [4.69, 9.17) is 4.74 Å². The Morgan fingerprint density at radius 2 is 1.90 bits per heavy atom. The molecule has 21 heavy (non-hydrogen) atoms. The molecule has 0 unspecified atom stereocenters. The number of urea groups is 1. The molecule has 0 spiro atoms. The molecule has 1 aliphatic carbocycles. The Hall–Kier alpha value is -1.81. The number of benzene rings is 1. The SMILES string of the molecule is CO[C@H]1C=C[C@H]2[C@@H]1N(CC(C)C)C(=O)N2c1ccccc1. The van der Waals surface area contributed by atoms with Crippen molar-refractivity contribution < 1.29 is 9.53 Å². The highest BCUT2D eigenvalue weighted by molar-refractivity contribution is 5.96. The number of nitrogens with zero attached hydrogens (tertiary/aromatic N) is 2. The van der Waals surface area contributed by atoms with Crippen LogP contribution in [0.25, 0.3) is 0 Å². The number of ether oxygens (including phenoxy) is 1. The molecule has 1 aromatic carbocycles. The maximum absolute atomic E-state index is 12.9. The largest absolute Gasteiger partial charge is 0.375 e. The van der Waals surface area contributed by atoms with Gasteiger partial charge in [-0.1, -0.05) is 44.2 Å². The zero-order valence-electron chi connectivity index (χ0n) is 12.8. The molecule has 1 saturated heterocycles. The monoisotopic (exact) mass is 286 g/mol. The molecule has 1 heterocycles. The molecule has 0 radical (unpaired) electrons. The molecule has 112 valence electrons. The molecule has 2 aliphatic rings. The fourth-order valence-electron chi connectivity index (χ4n) is 3.32. The van der Waals surface area contributed by atoms with E-state index in [-0.39, 0.29) is 24.2 Å². The Bertz CT molecular complexity index is 541. The summed E-state index contributed by atoms with van der Waals surface area (Å²) >= 11 is 0. The van der Waals surface area contributed by atoms with Gasteiger partial charge >= 0.3 is 6.03 Å². The van der Waals surface area contributed by atoms with E-state index >= 15 is 0 Å². The average molecular weight is 286 g/mol. The maximum atomic E-state index is 12.9. The highest BCUT2D eigenvalue weighted by Crippen LogP contribution is 2.36. The minimum Gasteiger partial charge on any atom is -0.375 e. The summed E-state index contributed by atoms with van der Waals surface area (Å²) in [5.41, 5.74) is 0.949. The maximum Gasteiger partial charge on any atom is 0.325 e. The van der Waals surface area contributed by atoms with Gasteiger partial charge in [0.2, 0.25) is 0 Å². The number of carbonyl (C=O) groups excluding carboxylic acids is 1. The molecule has 1 aromatic rings. The first kappa shape index (κ1) is 14.1. The summed E-state index contributed by atoms with van der Waals surface area (Å²) < 4.78 is 5.56. The summed E-state index contributed by atoms with van der Waals surface area (Å²) in [7, 11) is 1.71. The van der Waals surface area contributed by atoms with E-state index in [1.807, 2.05) is 40.1 Å². The molecular weight excluding hydrogens is 264 g/mol. The third-order valence-electron chi connectivity index (χ3n) is 4.16. The predicted octanol–water partition coefficient (Wildman–Crippen LogP) is 2.91. The molecule has 3 rings (SSSR count). The van der Waals surface area contributed by atoms with E-state index in [2.05, 4.69) is 26.0 Å². The van der Waals surface area contributed by atoms with E-state index < -0.39 is 0 Å². The van der Waals surface area contributed by atoms with E-state index in [0.717, 1.165) is 12.2 Å². The smallest absolute Gasteiger partial charge is 0.325 e. The fraction of sp³-hybridized carbons (Fsp3) is 0.471. The second-order valence-electron chi connectivity index (χ2n) is 6.10. The third kappa shape index (κ3) is 2.33. The number of hydrogen-bond donors (Lipinski definition) is 0. The second-order valence-corrected chi connectivity index (χ2v) is 6.10. The summed E-state index contributed by atoms with van der Waals surface area (Å²) in [5.74, 6) is 0.434. The normalized spacial score (nSPS) is 27.8. The molecule has 0 aromatic heterocycles. The molecule has 0 saturated carbocycles. The van der Waals surface area contributed by atoms with E-state index in [9.17, 15) is 4.79 Å². The molecular formula is C17H22N2O2. The Labute approximate surface area is 126 Å². The van der Waals surface area contributed by atoms with Crippen LogP contribution in [-0.2, 0) is 4.74 Å². The zero-order valence-corrected chi connectivity index (χ0v) is 12.8. The van der Waals surface area contributed by atoms with Gasteiger partial charge in [0.15, 0.2) is 0 Å². The van der Waals surface area contributed by atoms with Crippen molar-refractivity contribution in [3.8, 4) is 0 Å². The molecule has 0 bridgehead atoms. The highest BCUT2D eigenvalue weighted by Gasteiger charge is 2.50. The lowest BCUT2D eigenvalue weighted by Gasteiger charge is -2.28. The van der Waals surface area contributed by atoms with Crippen molar-refractivity contribution in [2.24, 2.45) is 5.92 Å². The van der Waals surface area contributed by atoms with Gasteiger partial charge in [0.05, 0.1) is 18.2 Å². The molecule has 4 nitrogen and oxygen atoms in total. The van der Waals surface area contributed by atoms with Crippen molar-refractivity contribution in [1.82, 2.24) is 4.90 Å². The quantitative estimate of drug-likeness (QED) is 0.797. The van der Waals surface area contributed by atoms with Crippen molar-refractivity contribution >= 4 is 11.7 Å². The van der Waals surface area contributed by atoms with Crippen LogP contribution in [0.4, 0.5) is 10.5 Å². The second kappa shape index (κ2) is 5.53. The number of amides is 2. The minimum absolute atomic E-state index is 0.0218. The number of anilines is 1. The minimum atomic E-state index is -0.0218. The van der Waals surface area contributed by atoms with Crippen LogP contribution in [0.5, 0.6) is 0 Å². The van der Waals surface area contributed by atoms with Crippen LogP contribution in [-0.4, -0.2) is 42.8 Å². The van der Waals surface area contributed by atoms with Crippen molar-refractivity contribution in [2.75, 3.05) is 18.6 Å². The lowest BCUT2D eigenvalue weighted by atomic mass is 10.1. The van der Waals surface area contributed by atoms with Crippen LogP contribution in [0.15, 0.2) is 42.5 Å². The molecule has 4 heteroatoms. The molecule has 2 amide bonds. The van der Waals surface area contributed by atoms with Gasteiger partial charge in [0.1, 0.15) is 0 Å². The number of para-hydroxylation sites is 1. The molecule has 0 N–H and O–H groups in total. The van der Waals surface area contributed by atoms with E-state index in [0.29, 0.717) is 5.92 Å².